The molecule has 130 valence electrons. The zero-order valence-electron chi connectivity index (χ0n) is 13.4. The molecule has 4 aromatic rings. The number of thioether (sulfide) groups is 1. The van der Waals surface area contributed by atoms with Gasteiger partial charge in [0.25, 0.3) is 0 Å². The Morgan fingerprint density at radius 3 is 2.73 bits per heavy atom. The number of halogens is 1. The Hall–Kier alpha value is -2.78. The predicted molar refractivity (Wildman–Crippen MR) is 100 cm³/mol. The van der Waals surface area contributed by atoms with Gasteiger partial charge in [-0.25, -0.2) is 14.1 Å². The molecular weight excluding hydrogens is 371 g/mol. The molecule has 0 radical (unpaired) electrons. The van der Waals surface area contributed by atoms with Crippen molar-refractivity contribution < 1.29 is 4.39 Å². The number of hydrogen-bond donors (Lipinski definition) is 1. The van der Waals surface area contributed by atoms with Crippen molar-refractivity contribution in [1.29, 1.82) is 0 Å². The molecule has 0 saturated carbocycles. The molecule has 2 N–H and O–H groups in total. The summed E-state index contributed by atoms with van der Waals surface area (Å²) in [7, 11) is 0. The number of thiazole rings is 1. The highest BCUT2D eigenvalue weighted by molar-refractivity contribution is 7.98. The number of nitrogens with two attached hydrogens (primary N) is 1. The van der Waals surface area contributed by atoms with Crippen LogP contribution in [-0.4, -0.2) is 24.8 Å². The first-order valence-corrected chi connectivity index (χ1v) is 9.52. The molecule has 9 heteroatoms. The summed E-state index contributed by atoms with van der Waals surface area (Å²) in [6.07, 6.45) is 1.75. The van der Waals surface area contributed by atoms with Gasteiger partial charge in [0.15, 0.2) is 5.82 Å². The molecule has 0 saturated heterocycles. The van der Waals surface area contributed by atoms with Crippen LogP contribution in [0.3, 0.4) is 0 Å². The molecule has 0 aliphatic heterocycles. The zero-order chi connectivity index (χ0) is 17.9. The molecule has 0 fully saturated rings. The second-order valence-corrected chi connectivity index (χ2v) is 7.13. The van der Waals surface area contributed by atoms with Gasteiger partial charge >= 0.3 is 0 Å². The lowest BCUT2D eigenvalue weighted by molar-refractivity contribution is 0.628. The maximum atomic E-state index is 13.1. The fourth-order valence-corrected chi connectivity index (χ4v) is 3.94. The van der Waals surface area contributed by atoms with Gasteiger partial charge in [0.1, 0.15) is 10.8 Å². The molecule has 26 heavy (non-hydrogen) atoms. The van der Waals surface area contributed by atoms with E-state index in [9.17, 15) is 4.39 Å². The van der Waals surface area contributed by atoms with Crippen molar-refractivity contribution >= 4 is 23.1 Å². The fourth-order valence-electron chi connectivity index (χ4n) is 2.29. The van der Waals surface area contributed by atoms with E-state index in [1.54, 1.807) is 29.7 Å². The van der Waals surface area contributed by atoms with Crippen LogP contribution in [0.1, 0.15) is 5.69 Å². The van der Waals surface area contributed by atoms with Crippen molar-refractivity contribution in [2.45, 2.75) is 10.9 Å². The Labute approximate surface area is 156 Å². The van der Waals surface area contributed by atoms with Gasteiger partial charge in [-0.2, -0.15) is 0 Å². The molecule has 3 heterocycles. The number of aromatic nitrogens is 5. The predicted octanol–water partition coefficient (Wildman–Crippen LogP) is 3.61. The zero-order valence-corrected chi connectivity index (χ0v) is 15.0. The molecule has 3 aromatic heterocycles. The minimum Gasteiger partial charge on any atom is -0.335 e. The lowest BCUT2D eigenvalue weighted by Crippen LogP contribution is -2.11. The van der Waals surface area contributed by atoms with E-state index in [2.05, 4.69) is 20.2 Å². The van der Waals surface area contributed by atoms with Crippen molar-refractivity contribution in [3.63, 3.8) is 0 Å². The maximum Gasteiger partial charge on any atom is 0.210 e. The van der Waals surface area contributed by atoms with Crippen LogP contribution in [-0.2, 0) is 5.75 Å². The van der Waals surface area contributed by atoms with Crippen LogP contribution >= 0.6 is 23.1 Å². The van der Waals surface area contributed by atoms with Gasteiger partial charge in [0.05, 0.1) is 11.4 Å². The van der Waals surface area contributed by atoms with Gasteiger partial charge in [-0.15, -0.1) is 21.5 Å². The average Bonchev–Trinajstić information content (AvgIpc) is 3.29. The highest BCUT2D eigenvalue weighted by atomic mass is 32.2. The summed E-state index contributed by atoms with van der Waals surface area (Å²) in [6, 6.07) is 11.7. The Kier molecular flexibility index (Phi) is 4.63. The van der Waals surface area contributed by atoms with Crippen LogP contribution in [0, 0.1) is 5.82 Å². The molecule has 6 nitrogen and oxygen atoms in total. The van der Waals surface area contributed by atoms with E-state index in [1.165, 1.54) is 28.6 Å². The quantitative estimate of drug-likeness (QED) is 0.418. The van der Waals surface area contributed by atoms with Crippen molar-refractivity contribution in [3.05, 3.63) is 65.6 Å². The van der Waals surface area contributed by atoms with E-state index in [-0.39, 0.29) is 5.82 Å². The summed E-state index contributed by atoms with van der Waals surface area (Å²) in [6.45, 7) is 0. The van der Waals surface area contributed by atoms with Crippen molar-refractivity contribution in [1.82, 2.24) is 24.8 Å². The largest absolute Gasteiger partial charge is 0.335 e. The first kappa shape index (κ1) is 16.7. The SMILES string of the molecule is Nn1c(SCc2csc(-c3ccccn3)n2)nnc1-c1ccc(F)cc1. The summed E-state index contributed by atoms with van der Waals surface area (Å²) in [5.41, 5.74) is 2.49. The Morgan fingerprint density at radius 1 is 1.12 bits per heavy atom. The topological polar surface area (TPSA) is 82.5 Å². The second-order valence-electron chi connectivity index (χ2n) is 5.33. The van der Waals surface area contributed by atoms with Crippen molar-refractivity contribution in [3.8, 4) is 22.1 Å². The van der Waals surface area contributed by atoms with E-state index in [0.29, 0.717) is 22.3 Å². The molecule has 0 aliphatic carbocycles. The minimum atomic E-state index is -0.307. The van der Waals surface area contributed by atoms with Crippen molar-refractivity contribution in [2.75, 3.05) is 5.84 Å². The van der Waals surface area contributed by atoms with Crippen LogP contribution in [0.2, 0.25) is 0 Å². The third kappa shape index (κ3) is 3.44. The molecular formula is C17H13FN6S2. The third-order valence-electron chi connectivity index (χ3n) is 3.55. The van der Waals surface area contributed by atoms with Gasteiger partial charge in [-0.05, 0) is 36.4 Å². The summed E-state index contributed by atoms with van der Waals surface area (Å²) < 4.78 is 14.5. The Balaban J connectivity index is 1.47. The van der Waals surface area contributed by atoms with Gasteiger partial charge < -0.3 is 5.84 Å². The van der Waals surface area contributed by atoms with E-state index < -0.39 is 0 Å². The van der Waals surface area contributed by atoms with Crippen LogP contribution < -0.4 is 5.84 Å². The minimum absolute atomic E-state index is 0.307. The van der Waals surface area contributed by atoms with Gasteiger partial charge in [0, 0.05) is 22.9 Å². The highest BCUT2D eigenvalue weighted by Gasteiger charge is 2.13. The summed E-state index contributed by atoms with van der Waals surface area (Å²) >= 11 is 2.99. The number of nitrogens with zero attached hydrogens (tertiary/aromatic N) is 5. The normalized spacial score (nSPS) is 11.0. The maximum absolute atomic E-state index is 13.1. The fraction of sp³-hybridized carbons (Fsp3) is 0.0588. The summed E-state index contributed by atoms with van der Waals surface area (Å²) in [4.78, 5) is 8.90. The molecule has 0 atom stereocenters. The van der Waals surface area contributed by atoms with E-state index in [1.807, 2.05) is 23.6 Å². The number of benzene rings is 1. The number of pyridine rings is 1. The molecule has 0 unspecified atom stereocenters. The number of nitrogen functional groups attached to an aromatic ring is 1. The Morgan fingerprint density at radius 2 is 1.96 bits per heavy atom. The molecule has 0 amide bonds. The summed E-state index contributed by atoms with van der Waals surface area (Å²) in [5.74, 6) is 6.88. The highest BCUT2D eigenvalue weighted by Crippen LogP contribution is 2.27. The standard InChI is InChI=1S/C17H13FN6S2/c18-12-6-4-11(5-7-12)15-22-23-17(24(15)19)26-10-13-9-25-16(21-13)14-3-1-2-8-20-14/h1-9H,10,19H2. The summed E-state index contributed by atoms with van der Waals surface area (Å²) in [5, 5.41) is 11.7. The lowest BCUT2D eigenvalue weighted by atomic mass is 10.2. The van der Waals surface area contributed by atoms with Gasteiger partial charge in [-0.3, -0.25) is 4.98 Å². The first-order valence-electron chi connectivity index (χ1n) is 7.66. The molecule has 4 rings (SSSR count). The third-order valence-corrected chi connectivity index (χ3v) is 5.44. The average molecular weight is 384 g/mol. The number of rotatable bonds is 5. The molecule has 0 spiro atoms. The van der Waals surface area contributed by atoms with Crippen LogP contribution in [0.4, 0.5) is 4.39 Å². The monoisotopic (exact) mass is 384 g/mol. The van der Waals surface area contributed by atoms with E-state index in [4.69, 9.17) is 5.84 Å². The van der Waals surface area contributed by atoms with E-state index in [0.717, 1.165) is 16.4 Å². The molecule has 0 bridgehead atoms. The lowest BCUT2D eigenvalue weighted by Gasteiger charge is -2.03. The van der Waals surface area contributed by atoms with Gasteiger partial charge in [-0.1, -0.05) is 17.8 Å². The molecule has 0 aliphatic rings. The van der Waals surface area contributed by atoms with Crippen LogP contribution in [0.15, 0.2) is 59.2 Å². The van der Waals surface area contributed by atoms with Crippen molar-refractivity contribution in [2.24, 2.45) is 0 Å². The van der Waals surface area contributed by atoms with E-state index >= 15 is 0 Å². The van der Waals surface area contributed by atoms with Gasteiger partial charge in [0.2, 0.25) is 5.16 Å². The van der Waals surface area contributed by atoms with Crippen LogP contribution in [0.25, 0.3) is 22.1 Å². The molecule has 1 aromatic carbocycles. The smallest absolute Gasteiger partial charge is 0.210 e. The number of hydrogen-bond acceptors (Lipinski definition) is 7. The second kappa shape index (κ2) is 7.22. The van der Waals surface area contributed by atoms with Crippen LogP contribution in [0.5, 0.6) is 0 Å². The first-order chi connectivity index (χ1) is 12.7. The Bertz CT molecular complexity index is 1010.